The lowest BCUT2D eigenvalue weighted by atomic mass is 10.1. The summed E-state index contributed by atoms with van der Waals surface area (Å²) in [7, 11) is 4.48. The van der Waals surface area contributed by atoms with Gasteiger partial charge in [0, 0.05) is 38.7 Å². The molecule has 0 aliphatic heterocycles. The van der Waals surface area contributed by atoms with Gasteiger partial charge < -0.3 is 30.2 Å². The van der Waals surface area contributed by atoms with Gasteiger partial charge in [-0.25, -0.2) is 4.98 Å². The van der Waals surface area contributed by atoms with Crippen LogP contribution in [0.2, 0.25) is 10.0 Å². The molecule has 0 fully saturated rings. The number of methoxy groups -OCH3 is 3. The maximum Gasteiger partial charge on any atom is 0.272 e. The SMILES string of the molecule is CCC(Sc1cccc(NC(=O)/C(=C\c2cc(OC)c(OC)cc2OC)NC(=O)c2ccccc2)c1)C(=O)Nc1nc(-c2ccc(Cl)c(Cl)c2)cs1. The minimum Gasteiger partial charge on any atom is -0.496 e. The van der Waals surface area contributed by atoms with Crippen LogP contribution in [-0.2, 0) is 9.59 Å². The maximum absolute atomic E-state index is 13.8. The largest absolute Gasteiger partial charge is 0.496 e. The number of rotatable bonds is 14. The van der Waals surface area contributed by atoms with Gasteiger partial charge in [0.15, 0.2) is 16.6 Å². The number of ether oxygens (including phenoxy) is 3. The van der Waals surface area contributed by atoms with E-state index >= 15 is 0 Å². The molecule has 1 unspecified atom stereocenters. The summed E-state index contributed by atoms with van der Waals surface area (Å²) in [5.74, 6) is -0.0488. The molecule has 3 amide bonds. The van der Waals surface area contributed by atoms with E-state index in [9.17, 15) is 14.4 Å². The van der Waals surface area contributed by atoms with Crippen LogP contribution in [0, 0.1) is 0 Å². The van der Waals surface area contributed by atoms with E-state index in [0.29, 0.717) is 61.4 Å². The Morgan fingerprint density at radius 1 is 0.846 bits per heavy atom. The molecule has 10 nitrogen and oxygen atoms in total. The van der Waals surface area contributed by atoms with Crippen LogP contribution >= 0.6 is 46.3 Å². The molecule has 0 saturated heterocycles. The van der Waals surface area contributed by atoms with Gasteiger partial charge in [-0.1, -0.05) is 60.5 Å². The van der Waals surface area contributed by atoms with E-state index in [-0.39, 0.29) is 11.6 Å². The van der Waals surface area contributed by atoms with Crippen molar-refractivity contribution in [3.05, 3.63) is 117 Å². The third-order valence-corrected chi connectivity index (χ3v) is 10.4. The van der Waals surface area contributed by atoms with Crippen LogP contribution in [-0.4, -0.2) is 49.3 Å². The number of hydrogen-bond acceptors (Lipinski definition) is 9. The molecule has 1 atom stereocenters. The Morgan fingerprint density at radius 3 is 2.27 bits per heavy atom. The van der Waals surface area contributed by atoms with E-state index in [1.165, 1.54) is 50.5 Å². The van der Waals surface area contributed by atoms with Crippen molar-refractivity contribution >= 4 is 80.9 Å². The molecular formula is C38H34Cl2N4O6S2. The van der Waals surface area contributed by atoms with Crippen molar-refractivity contribution in [1.29, 1.82) is 0 Å². The van der Waals surface area contributed by atoms with Crippen molar-refractivity contribution in [2.45, 2.75) is 23.5 Å². The Morgan fingerprint density at radius 2 is 1.58 bits per heavy atom. The van der Waals surface area contributed by atoms with E-state index in [1.807, 2.05) is 24.4 Å². The molecule has 0 aliphatic carbocycles. The molecule has 1 heterocycles. The van der Waals surface area contributed by atoms with Crippen molar-refractivity contribution in [1.82, 2.24) is 10.3 Å². The third kappa shape index (κ3) is 9.65. The lowest BCUT2D eigenvalue weighted by Gasteiger charge is -2.16. The lowest BCUT2D eigenvalue weighted by Crippen LogP contribution is -2.30. The highest BCUT2D eigenvalue weighted by Gasteiger charge is 2.21. The molecule has 52 heavy (non-hydrogen) atoms. The Labute approximate surface area is 319 Å². The topological polar surface area (TPSA) is 128 Å². The van der Waals surface area contributed by atoms with Gasteiger partial charge in [-0.15, -0.1) is 23.1 Å². The van der Waals surface area contributed by atoms with Crippen LogP contribution in [0.15, 0.2) is 101 Å². The van der Waals surface area contributed by atoms with Crippen molar-refractivity contribution < 1.29 is 28.6 Å². The normalized spacial score (nSPS) is 11.7. The summed E-state index contributed by atoms with van der Waals surface area (Å²) < 4.78 is 16.4. The number of halogens is 2. The van der Waals surface area contributed by atoms with E-state index < -0.39 is 17.1 Å². The Hall–Kier alpha value is -5.01. The first-order valence-electron chi connectivity index (χ1n) is 15.8. The number of thiazole rings is 1. The van der Waals surface area contributed by atoms with Gasteiger partial charge in [0.1, 0.15) is 11.4 Å². The number of carbonyl (C=O) groups excluding carboxylic acids is 3. The predicted molar refractivity (Wildman–Crippen MR) is 209 cm³/mol. The van der Waals surface area contributed by atoms with Crippen molar-refractivity contribution in [2.75, 3.05) is 32.0 Å². The van der Waals surface area contributed by atoms with Crippen molar-refractivity contribution in [3.8, 4) is 28.5 Å². The molecule has 0 saturated carbocycles. The summed E-state index contributed by atoms with van der Waals surface area (Å²) in [6, 6.07) is 24.2. The fourth-order valence-corrected chi connectivity index (χ4v) is 6.93. The Balaban J connectivity index is 1.34. The number of carbonyl (C=O) groups is 3. The van der Waals surface area contributed by atoms with E-state index in [1.54, 1.807) is 72.8 Å². The summed E-state index contributed by atoms with van der Waals surface area (Å²) in [6.45, 7) is 1.92. The number of anilines is 2. The first-order chi connectivity index (χ1) is 25.1. The summed E-state index contributed by atoms with van der Waals surface area (Å²) >= 11 is 14.9. The zero-order chi connectivity index (χ0) is 37.2. The fraction of sp³-hybridized carbons (Fsp3) is 0.158. The van der Waals surface area contributed by atoms with Crippen LogP contribution in [0.3, 0.4) is 0 Å². The number of nitrogens with zero attached hydrogens (tertiary/aromatic N) is 1. The minimum absolute atomic E-state index is 0.0491. The third-order valence-electron chi connectivity index (χ3n) is 7.55. The molecular weight excluding hydrogens is 743 g/mol. The Bertz CT molecular complexity index is 2110. The van der Waals surface area contributed by atoms with Crippen molar-refractivity contribution in [2.24, 2.45) is 0 Å². The number of nitrogens with one attached hydrogen (secondary N) is 3. The molecule has 0 aliphatic rings. The average molecular weight is 778 g/mol. The quantitative estimate of drug-likeness (QED) is 0.0753. The van der Waals surface area contributed by atoms with E-state index in [0.717, 1.165) is 10.5 Å². The zero-order valence-corrected chi connectivity index (χ0v) is 31.6. The second-order valence-corrected chi connectivity index (χ2v) is 13.9. The molecule has 0 spiro atoms. The highest BCUT2D eigenvalue weighted by atomic mass is 35.5. The molecule has 5 rings (SSSR count). The van der Waals surface area contributed by atoms with Crippen LogP contribution in [0.5, 0.6) is 17.2 Å². The van der Waals surface area contributed by atoms with Gasteiger partial charge in [0.25, 0.3) is 11.8 Å². The molecule has 4 aromatic carbocycles. The molecule has 14 heteroatoms. The molecule has 0 radical (unpaired) electrons. The van der Waals surface area contributed by atoms with Crippen LogP contribution < -0.4 is 30.2 Å². The van der Waals surface area contributed by atoms with Gasteiger partial charge in [-0.3, -0.25) is 14.4 Å². The number of thioether (sulfide) groups is 1. The number of aromatic nitrogens is 1. The molecule has 0 bridgehead atoms. The smallest absolute Gasteiger partial charge is 0.272 e. The minimum atomic E-state index is -0.588. The molecule has 5 aromatic rings. The maximum atomic E-state index is 13.8. The van der Waals surface area contributed by atoms with Crippen LogP contribution in [0.1, 0.15) is 29.3 Å². The predicted octanol–water partition coefficient (Wildman–Crippen LogP) is 9.06. The fourth-order valence-electron chi connectivity index (χ4n) is 4.90. The second-order valence-electron chi connectivity index (χ2n) is 11.0. The van der Waals surface area contributed by atoms with E-state index in [4.69, 9.17) is 37.4 Å². The van der Waals surface area contributed by atoms with Gasteiger partial charge in [-0.05, 0) is 61.0 Å². The van der Waals surface area contributed by atoms with Gasteiger partial charge in [-0.2, -0.15) is 0 Å². The van der Waals surface area contributed by atoms with Crippen molar-refractivity contribution in [3.63, 3.8) is 0 Å². The highest BCUT2D eigenvalue weighted by Crippen LogP contribution is 2.36. The average Bonchev–Trinajstić information content (AvgIpc) is 3.63. The molecule has 268 valence electrons. The molecule has 1 aromatic heterocycles. The van der Waals surface area contributed by atoms with Gasteiger partial charge in [0.05, 0.1) is 42.3 Å². The summed E-state index contributed by atoms with van der Waals surface area (Å²) in [5.41, 5.74) is 2.69. The van der Waals surface area contributed by atoms with E-state index in [2.05, 4.69) is 20.9 Å². The van der Waals surface area contributed by atoms with Crippen LogP contribution in [0.4, 0.5) is 10.8 Å². The van der Waals surface area contributed by atoms with Gasteiger partial charge in [0.2, 0.25) is 5.91 Å². The monoisotopic (exact) mass is 776 g/mol. The highest BCUT2D eigenvalue weighted by molar-refractivity contribution is 8.00. The Kier molecular flexibility index (Phi) is 13.2. The standard InChI is InChI=1S/C38H34Cl2N4O6S2/c1-5-34(37(47)44-38-43-30(21-51-38)23-14-15-27(39)28(40)16-23)52-26-13-9-12-25(19-26)41-36(46)29(42-35(45)22-10-7-6-8-11-22)17-24-18-32(49-3)33(50-4)20-31(24)48-2/h6-21,34H,5H2,1-4H3,(H,41,46)(H,42,45)(H,43,44,47)/b29-17+. The zero-order valence-electron chi connectivity index (χ0n) is 28.5. The second kappa shape index (κ2) is 18.0. The number of hydrogen-bond donors (Lipinski definition) is 3. The molecule has 3 N–H and O–H groups in total. The number of amides is 3. The lowest BCUT2D eigenvalue weighted by molar-refractivity contribution is -0.116. The summed E-state index contributed by atoms with van der Waals surface area (Å²) in [4.78, 5) is 45.7. The van der Waals surface area contributed by atoms with Crippen LogP contribution in [0.25, 0.3) is 17.3 Å². The first kappa shape index (κ1) is 38.2. The van der Waals surface area contributed by atoms with Gasteiger partial charge >= 0.3 is 0 Å². The summed E-state index contributed by atoms with van der Waals surface area (Å²) in [6.07, 6.45) is 2.03. The number of benzene rings is 4. The first-order valence-corrected chi connectivity index (χ1v) is 18.3. The summed E-state index contributed by atoms with van der Waals surface area (Å²) in [5, 5.41) is 11.2.